The molecule has 7 heteroatoms. The molecule has 0 aliphatic heterocycles. The van der Waals surface area contributed by atoms with Crippen LogP contribution >= 0.6 is 15.9 Å². The average molecular weight is 337 g/mol. The maximum atomic E-state index is 12.1. The Labute approximate surface area is 123 Å². The second kappa shape index (κ2) is 5.32. The molecule has 0 bridgehead atoms. The molecule has 0 atom stereocenters. The zero-order chi connectivity index (χ0) is 14.1. The second-order valence-corrected chi connectivity index (χ2v) is 5.79. The number of hydrogen-bond acceptors (Lipinski definition) is 4. The van der Waals surface area contributed by atoms with Gasteiger partial charge in [0.15, 0.2) is 5.65 Å². The Kier molecular flexibility index (Phi) is 3.52. The summed E-state index contributed by atoms with van der Waals surface area (Å²) in [5, 5.41) is 7.04. The Balaban J connectivity index is 1.73. The predicted octanol–water partition coefficient (Wildman–Crippen LogP) is 1.73. The Morgan fingerprint density at radius 1 is 1.35 bits per heavy atom. The fourth-order valence-electron chi connectivity index (χ4n) is 2.29. The van der Waals surface area contributed by atoms with Crippen molar-refractivity contribution in [3.8, 4) is 0 Å². The van der Waals surface area contributed by atoms with E-state index in [4.69, 9.17) is 0 Å². The molecule has 6 nitrogen and oxygen atoms in total. The van der Waals surface area contributed by atoms with Crippen LogP contribution in [0.1, 0.15) is 36.3 Å². The molecular formula is C13H13BrN4O2. The zero-order valence-corrected chi connectivity index (χ0v) is 12.3. The van der Waals surface area contributed by atoms with Crippen LogP contribution in [0.5, 0.6) is 0 Å². The quantitative estimate of drug-likeness (QED) is 0.906. The molecule has 0 unspecified atom stereocenters. The summed E-state index contributed by atoms with van der Waals surface area (Å²) >= 11 is 3.34. The Morgan fingerprint density at radius 3 is 2.85 bits per heavy atom. The Morgan fingerprint density at radius 2 is 2.10 bits per heavy atom. The molecular weight excluding hydrogens is 324 g/mol. The van der Waals surface area contributed by atoms with Gasteiger partial charge in [-0.05, 0) is 40.9 Å². The first-order chi connectivity index (χ1) is 9.61. The first kappa shape index (κ1) is 13.2. The lowest BCUT2D eigenvalue weighted by atomic mass is 9.94. The van der Waals surface area contributed by atoms with Crippen molar-refractivity contribution in [1.82, 2.24) is 19.9 Å². The number of hydrogen-bond donors (Lipinski definition) is 1. The van der Waals surface area contributed by atoms with Gasteiger partial charge < -0.3 is 5.32 Å². The largest absolute Gasteiger partial charge is 0.346 e. The van der Waals surface area contributed by atoms with E-state index in [1.54, 1.807) is 16.8 Å². The van der Waals surface area contributed by atoms with Gasteiger partial charge in [0.2, 0.25) is 5.82 Å². The van der Waals surface area contributed by atoms with Crippen LogP contribution < -0.4 is 5.32 Å². The third-order valence-electron chi connectivity index (χ3n) is 3.38. The SMILES string of the molecule is O=C1CCC(NC(=O)c2nc3ccc(Br)cn3n2)CC1. The van der Waals surface area contributed by atoms with Gasteiger partial charge in [-0.3, -0.25) is 9.59 Å². The molecule has 1 aliphatic carbocycles. The van der Waals surface area contributed by atoms with Crippen LogP contribution in [0, 0.1) is 0 Å². The number of amides is 1. The number of carbonyl (C=O) groups is 2. The highest BCUT2D eigenvalue weighted by molar-refractivity contribution is 9.10. The van der Waals surface area contributed by atoms with Gasteiger partial charge in [-0.1, -0.05) is 0 Å². The first-order valence-corrected chi connectivity index (χ1v) is 7.25. The van der Waals surface area contributed by atoms with Gasteiger partial charge >= 0.3 is 0 Å². The van der Waals surface area contributed by atoms with E-state index in [1.165, 1.54) is 0 Å². The van der Waals surface area contributed by atoms with E-state index in [0.717, 1.165) is 4.47 Å². The van der Waals surface area contributed by atoms with Crippen LogP contribution in [-0.4, -0.2) is 32.3 Å². The number of fused-ring (bicyclic) bond motifs is 1. The van der Waals surface area contributed by atoms with Crippen LogP contribution in [0.3, 0.4) is 0 Å². The van der Waals surface area contributed by atoms with Gasteiger partial charge in [-0.2, -0.15) is 0 Å². The maximum absolute atomic E-state index is 12.1. The lowest BCUT2D eigenvalue weighted by Gasteiger charge is -2.21. The number of nitrogens with zero attached hydrogens (tertiary/aromatic N) is 3. The monoisotopic (exact) mass is 336 g/mol. The van der Waals surface area contributed by atoms with Crippen molar-refractivity contribution >= 4 is 33.3 Å². The van der Waals surface area contributed by atoms with Gasteiger partial charge in [0, 0.05) is 29.6 Å². The summed E-state index contributed by atoms with van der Waals surface area (Å²) in [5.41, 5.74) is 0.622. The summed E-state index contributed by atoms with van der Waals surface area (Å²) in [6.45, 7) is 0. The third-order valence-corrected chi connectivity index (χ3v) is 3.85. The molecule has 0 saturated heterocycles. The number of pyridine rings is 1. The van der Waals surface area contributed by atoms with E-state index >= 15 is 0 Å². The third kappa shape index (κ3) is 2.72. The fourth-order valence-corrected chi connectivity index (χ4v) is 2.61. The molecule has 0 spiro atoms. The Bertz CT molecular complexity index is 672. The zero-order valence-electron chi connectivity index (χ0n) is 10.7. The molecule has 20 heavy (non-hydrogen) atoms. The van der Waals surface area contributed by atoms with Crippen molar-refractivity contribution in [3.05, 3.63) is 28.6 Å². The Hall–Kier alpha value is -1.76. The van der Waals surface area contributed by atoms with E-state index in [9.17, 15) is 9.59 Å². The van der Waals surface area contributed by atoms with Crippen LogP contribution in [-0.2, 0) is 4.79 Å². The molecule has 1 amide bonds. The van der Waals surface area contributed by atoms with E-state index in [-0.39, 0.29) is 23.6 Å². The lowest BCUT2D eigenvalue weighted by molar-refractivity contribution is -0.120. The number of carbonyl (C=O) groups excluding carboxylic acids is 2. The van der Waals surface area contributed by atoms with Gasteiger partial charge in [-0.15, -0.1) is 5.10 Å². The number of aromatic nitrogens is 3. The van der Waals surface area contributed by atoms with Crippen LogP contribution in [0.15, 0.2) is 22.8 Å². The summed E-state index contributed by atoms with van der Waals surface area (Å²) in [6.07, 6.45) is 4.22. The van der Waals surface area contributed by atoms with Crippen molar-refractivity contribution in [1.29, 1.82) is 0 Å². The molecule has 3 rings (SSSR count). The molecule has 0 aromatic carbocycles. The summed E-state index contributed by atoms with van der Waals surface area (Å²) in [5.74, 6) is 0.135. The average Bonchev–Trinajstić information content (AvgIpc) is 2.84. The smallest absolute Gasteiger partial charge is 0.291 e. The van der Waals surface area contributed by atoms with Crippen LogP contribution in [0.25, 0.3) is 5.65 Å². The van der Waals surface area contributed by atoms with Crippen LogP contribution in [0.2, 0.25) is 0 Å². The minimum Gasteiger partial charge on any atom is -0.346 e. The molecule has 0 radical (unpaired) electrons. The van der Waals surface area contributed by atoms with Crippen molar-refractivity contribution in [2.24, 2.45) is 0 Å². The number of ketones is 1. The summed E-state index contributed by atoms with van der Waals surface area (Å²) in [6, 6.07) is 3.67. The normalized spacial score (nSPS) is 16.6. The highest BCUT2D eigenvalue weighted by Gasteiger charge is 2.22. The number of Topliss-reactive ketones (excluding diaryl/α,β-unsaturated/α-hetero) is 1. The minimum atomic E-state index is -0.288. The standard InChI is InChI=1S/C13H13BrN4O2/c14-8-1-6-11-16-12(17-18(11)7-8)13(20)15-9-2-4-10(19)5-3-9/h1,6-7,9H,2-5H2,(H,15,20). The van der Waals surface area contributed by atoms with Gasteiger partial charge in [-0.25, -0.2) is 9.50 Å². The molecule has 1 fully saturated rings. The number of nitrogens with one attached hydrogen (secondary N) is 1. The topological polar surface area (TPSA) is 76.4 Å². The van der Waals surface area contributed by atoms with Crippen molar-refractivity contribution in [3.63, 3.8) is 0 Å². The lowest BCUT2D eigenvalue weighted by Crippen LogP contribution is -2.38. The summed E-state index contributed by atoms with van der Waals surface area (Å²) < 4.78 is 2.43. The van der Waals surface area contributed by atoms with Crippen molar-refractivity contribution < 1.29 is 9.59 Å². The minimum absolute atomic E-state index is 0.0403. The molecule has 104 valence electrons. The van der Waals surface area contributed by atoms with E-state index in [0.29, 0.717) is 31.3 Å². The summed E-state index contributed by atoms with van der Waals surface area (Å²) in [4.78, 5) is 27.5. The van der Waals surface area contributed by atoms with Gasteiger partial charge in [0.25, 0.3) is 5.91 Å². The molecule has 1 saturated carbocycles. The maximum Gasteiger partial charge on any atom is 0.291 e. The molecule has 1 N–H and O–H groups in total. The first-order valence-electron chi connectivity index (χ1n) is 6.46. The fraction of sp³-hybridized carbons (Fsp3) is 0.385. The van der Waals surface area contributed by atoms with Gasteiger partial charge in [0.05, 0.1) is 0 Å². The van der Waals surface area contributed by atoms with Crippen molar-refractivity contribution in [2.45, 2.75) is 31.7 Å². The second-order valence-electron chi connectivity index (χ2n) is 4.87. The molecule has 2 heterocycles. The number of halogens is 1. The van der Waals surface area contributed by atoms with E-state index in [2.05, 4.69) is 31.3 Å². The van der Waals surface area contributed by atoms with E-state index in [1.807, 2.05) is 6.07 Å². The highest BCUT2D eigenvalue weighted by Crippen LogP contribution is 2.15. The molecule has 1 aliphatic rings. The molecule has 2 aromatic heterocycles. The predicted molar refractivity (Wildman–Crippen MR) is 75.4 cm³/mol. The van der Waals surface area contributed by atoms with Gasteiger partial charge in [0.1, 0.15) is 5.78 Å². The highest BCUT2D eigenvalue weighted by atomic mass is 79.9. The molecule has 2 aromatic rings. The van der Waals surface area contributed by atoms with Crippen molar-refractivity contribution in [2.75, 3.05) is 0 Å². The van der Waals surface area contributed by atoms with Crippen LogP contribution in [0.4, 0.5) is 0 Å². The van der Waals surface area contributed by atoms with E-state index < -0.39 is 0 Å². The number of rotatable bonds is 2. The summed E-state index contributed by atoms with van der Waals surface area (Å²) in [7, 11) is 0.